The minimum Gasteiger partial charge on any atom is -0.228 e. The molecule has 0 unspecified atom stereocenters. The van der Waals surface area contributed by atoms with Crippen LogP contribution in [0.3, 0.4) is 0 Å². The van der Waals surface area contributed by atoms with Gasteiger partial charge in [0.1, 0.15) is 0 Å². The maximum absolute atomic E-state index is 13.9. The smallest absolute Gasteiger partial charge is 0.228 e. The predicted molar refractivity (Wildman–Crippen MR) is 95.9 cm³/mol. The van der Waals surface area contributed by atoms with Gasteiger partial charge >= 0.3 is 6.18 Å². The second kappa shape index (κ2) is 6.96. The van der Waals surface area contributed by atoms with Gasteiger partial charge in [0.2, 0.25) is 0 Å². The Hall–Kier alpha value is -2.41. The molecule has 4 rings (SSSR count). The molecule has 0 saturated carbocycles. The van der Waals surface area contributed by atoms with Crippen molar-refractivity contribution in [2.24, 2.45) is 0 Å². The Morgan fingerprint density at radius 3 is 2.44 bits per heavy atom. The van der Waals surface area contributed by atoms with Crippen LogP contribution < -0.4 is 0 Å². The van der Waals surface area contributed by atoms with Crippen molar-refractivity contribution in [3.63, 3.8) is 0 Å². The van der Waals surface area contributed by atoms with Crippen LogP contribution in [0.5, 0.6) is 0 Å². The molecule has 0 amide bonds. The molecule has 140 valence electrons. The Balaban J connectivity index is 1.84. The van der Waals surface area contributed by atoms with E-state index in [-0.39, 0.29) is 16.9 Å². The fourth-order valence-corrected chi connectivity index (χ4v) is 3.51. The first kappa shape index (κ1) is 18.0. The number of hydrogen-bond donors (Lipinski definition) is 0. The number of aryl methyl sites for hydroxylation is 2. The van der Waals surface area contributed by atoms with Crippen LogP contribution in [0.25, 0.3) is 16.9 Å². The minimum atomic E-state index is -4.60. The fraction of sp³-hybridized carbons (Fsp3) is 0.316. The molecule has 8 heteroatoms. The van der Waals surface area contributed by atoms with Gasteiger partial charge in [0.05, 0.1) is 28.8 Å². The molecule has 0 radical (unpaired) electrons. The van der Waals surface area contributed by atoms with Crippen LogP contribution in [0.1, 0.15) is 36.2 Å². The molecule has 0 fully saturated rings. The molecule has 1 aromatic carbocycles. The number of halogens is 4. The van der Waals surface area contributed by atoms with Gasteiger partial charge in [-0.05, 0) is 61.6 Å². The Labute approximate surface area is 159 Å². The molecule has 0 N–H and O–H groups in total. The van der Waals surface area contributed by atoms with Gasteiger partial charge in [0, 0.05) is 5.02 Å². The summed E-state index contributed by atoms with van der Waals surface area (Å²) in [5.74, 6) is 0. The molecule has 1 aliphatic carbocycles. The molecule has 0 bridgehead atoms. The normalized spacial score (nSPS) is 14.7. The molecule has 3 aromatic rings. The summed E-state index contributed by atoms with van der Waals surface area (Å²) < 4.78 is 42.5. The predicted octanol–water partition coefficient (Wildman–Crippen LogP) is 5.27. The third-order valence-electron chi connectivity index (χ3n) is 4.70. The summed E-state index contributed by atoms with van der Waals surface area (Å²) in [5, 5.41) is 12.7. The molecule has 27 heavy (non-hydrogen) atoms. The van der Waals surface area contributed by atoms with E-state index in [1.165, 1.54) is 30.5 Å². The lowest BCUT2D eigenvalue weighted by atomic mass is 10.1. The van der Waals surface area contributed by atoms with Crippen molar-refractivity contribution in [2.75, 3.05) is 0 Å². The molecule has 0 saturated heterocycles. The van der Waals surface area contributed by atoms with E-state index < -0.39 is 11.9 Å². The van der Waals surface area contributed by atoms with E-state index in [1.807, 2.05) is 0 Å². The summed E-state index contributed by atoms with van der Waals surface area (Å²) >= 11 is 5.84. The molecule has 2 heterocycles. The highest BCUT2D eigenvalue weighted by Crippen LogP contribution is 2.38. The minimum absolute atomic E-state index is 0.0722. The lowest BCUT2D eigenvalue weighted by Crippen LogP contribution is -2.15. The van der Waals surface area contributed by atoms with Gasteiger partial charge in [-0.25, -0.2) is 4.68 Å². The first-order valence-corrected chi connectivity index (χ1v) is 9.08. The van der Waals surface area contributed by atoms with Crippen molar-refractivity contribution in [1.82, 2.24) is 20.0 Å². The summed E-state index contributed by atoms with van der Waals surface area (Å²) in [5.41, 5.74) is 1.40. The summed E-state index contributed by atoms with van der Waals surface area (Å²) in [6, 6.07) is 7.78. The maximum Gasteiger partial charge on any atom is 0.434 e. The van der Waals surface area contributed by atoms with E-state index in [1.54, 1.807) is 6.07 Å². The summed E-state index contributed by atoms with van der Waals surface area (Å²) in [6.07, 6.45) is 1.36. The Morgan fingerprint density at radius 2 is 1.70 bits per heavy atom. The summed E-state index contributed by atoms with van der Waals surface area (Å²) in [6.45, 7) is 0. The molecule has 4 nitrogen and oxygen atoms in total. The van der Waals surface area contributed by atoms with Crippen LogP contribution in [-0.2, 0) is 19.0 Å². The van der Waals surface area contributed by atoms with Crippen molar-refractivity contribution in [3.8, 4) is 16.9 Å². The average Bonchev–Trinajstić information content (AvgIpc) is 2.95. The highest BCUT2D eigenvalue weighted by atomic mass is 35.5. The van der Waals surface area contributed by atoms with Gasteiger partial charge in [0.15, 0.2) is 5.69 Å². The third-order valence-corrected chi connectivity index (χ3v) is 4.96. The summed E-state index contributed by atoms with van der Waals surface area (Å²) in [7, 11) is 0. The number of aromatic nitrogens is 4. The van der Waals surface area contributed by atoms with Gasteiger partial charge in [-0.2, -0.15) is 28.5 Å². The molecule has 0 aliphatic heterocycles. The van der Waals surface area contributed by atoms with Gasteiger partial charge < -0.3 is 0 Å². The molecule has 2 aromatic heterocycles. The first-order valence-electron chi connectivity index (χ1n) is 8.70. The van der Waals surface area contributed by atoms with Crippen LogP contribution >= 0.6 is 11.6 Å². The van der Waals surface area contributed by atoms with Gasteiger partial charge in [0.25, 0.3) is 0 Å². The number of alkyl halides is 3. The lowest BCUT2D eigenvalue weighted by Gasteiger charge is -2.13. The van der Waals surface area contributed by atoms with Crippen LogP contribution in [0.15, 0.2) is 36.5 Å². The molecule has 0 atom stereocenters. The number of hydrogen-bond acceptors (Lipinski definition) is 3. The van der Waals surface area contributed by atoms with E-state index in [4.69, 9.17) is 11.6 Å². The molecular formula is C19H16ClF3N4. The van der Waals surface area contributed by atoms with Crippen molar-refractivity contribution in [1.29, 1.82) is 0 Å². The molecular weight excluding hydrogens is 377 g/mol. The Bertz CT molecular complexity index is 964. The number of nitrogens with zero attached hydrogens (tertiary/aromatic N) is 4. The largest absolute Gasteiger partial charge is 0.434 e. The second-order valence-electron chi connectivity index (χ2n) is 6.56. The fourth-order valence-electron chi connectivity index (χ4n) is 3.39. The average molecular weight is 393 g/mol. The number of benzene rings is 1. The van der Waals surface area contributed by atoms with Crippen molar-refractivity contribution in [2.45, 2.75) is 38.3 Å². The Morgan fingerprint density at radius 1 is 0.963 bits per heavy atom. The SMILES string of the molecule is FC(F)(F)c1c(-c2cc3c(nn2)CCCCC3)cnn1-c1ccc(Cl)cc1. The van der Waals surface area contributed by atoms with E-state index in [9.17, 15) is 13.2 Å². The quantitative estimate of drug-likeness (QED) is 0.558. The topological polar surface area (TPSA) is 43.6 Å². The second-order valence-corrected chi connectivity index (χ2v) is 6.99. The van der Waals surface area contributed by atoms with Crippen molar-refractivity contribution < 1.29 is 13.2 Å². The zero-order valence-electron chi connectivity index (χ0n) is 14.3. The number of rotatable bonds is 2. The number of fused-ring (bicyclic) bond motifs is 1. The van der Waals surface area contributed by atoms with Gasteiger partial charge in [-0.1, -0.05) is 18.0 Å². The maximum atomic E-state index is 13.9. The lowest BCUT2D eigenvalue weighted by molar-refractivity contribution is -0.142. The van der Waals surface area contributed by atoms with Crippen LogP contribution in [0, 0.1) is 0 Å². The Kier molecular flexibility index (Phi) is 4.63. The summed E-state index contributed by atoms with van der Waals surface area (Å²) in [4.78, 5) is 0. The third kappa shape index (κ3) is 3.56. The van der Waals surface area contributed by atoms with E-state index >= 15 is 0 Å². The van der Waals surface area contributed by atoms with E-state index in [2.05, 4.69) is 15.3 Å². The van der Waals surface area contributed by atoms with Crippen molar-refractivity contribution in [3.05, 3.63) is 58.5 Å². The highest BCUT2D eigenvalue weighted by molar-refractivity contribution is 6.30. The van der Waals surface area contributed by atoms with E-state index in [0.29, 0.717) is 5.02 Å². The van der Waals surface area contributed by atoms with E-state index in [0.717, 1.165) is 48.0 Å². The molecule has 0 spiro atoms. The van der Waals surface area contributed by atoms with Gasteiger partial charge in [-0.3, -0.25) is 0 Å². The monoisotopic (exact) mass is 392 g/mol. The van der Waals surface area contributed by atoms with Crippen LogP contribution in [0.2, 0.25) is 5.02 Å². The van der Waals surface area contributed by atoms with Crippen molar-refractivity contribution >= 4 is 11.6 Å². The zero-order valence-corrected chi connectivity index (χ0v) is 15.1. The standard InChI is InChI=1S/C19H16ClF3N4/c20-13-6-8-14(9-7-13)27-18(19(21,22)23)15(11-24-27)17-10-12-4-2-1-3-5-16(12)25-26-17/h6-11H,1-5H2. The molecule has 1 aliphatic rings. The highest BCUT2D eigenvalue weighted by Gasteiger charge is 2.39. The van der Waals surface area contributed by atoms with Crippen LogP contribution in [-0.4, -0.2) is 20.0 Å². The van der Waals surface area contributed by atoms with Gasteiger partial charge in [-0.15, -0.1) is 0 Å². The first-order chi connectivity index (χ1) is 12.9. The van der Waals surface area contributed by atoms with Crippen LogP contribution in [0.4, 0.5) is 13.2 Å². The zero-order chi connectivity index (χ0) is 19.0.